The van der Waals surface area contributed by atoms with Gasteiger partial charge in [0.1, 0.15) is 5.75 Å². The first kappa shape index (κ1) is 20.4. The molecule has 1 saturated heterocycles. The largest absolute Gasteiger partial charge is 0.508 e. The molecule has 28 heavy (non-hydrogen) atoms. The smallest absolute Gasteiger partial charge is 0.303 e. The average molecular weight is 403 g/mol. The lowest BCUT2D eigenvalue weighted by atomic mass is 9.91. The number of hydrogen-bond acceptors (Lipinski definition) is 4. The number of allylic oxidation sites excluding steroid dienone is 2. The van der Waals surface area contributed by atoms with E-state index in [2.05, 4.69) is 0 Å². The fraction of sp³-hybridized carbons (Fsp3) is 0.318. The Labute approximate surface area is 169 Å². The van der Waals surface area contributed by atoms with E-state index in [1.54, 1.807) is 18.2 Å². The molecule has 5 nitrogen and oxygen atoms in total. The maximum atomic E-state index is 10.6. The number of aromatic hydroxyl groups is 1. The summed E-state index contributed by atoms with van der Waals surface area (Å²) in [5, 5.41) is 19.6. The van der Waals surface area contributed by atoms with Crippen LogP contribution in [0.3, 0.4) is 0 Å². The van der Waals surface area contributed by atoms with Crippen LogP contribution in [0.2, 0.25) is 5.02 Å². The van der Waals surface area contributed by atoms with Gasteiger partial charge in [0, 0.05) is 28.5 Å². The standard InChI is InChI=1S/C22H23ClO5/c23-18-11-6-4-9-16(18)22-27-14-15(8-2-1-3-13-20(25)26)21(28-22)17-10-5-7-12-19(17)24/h1-2,4-7,9-12,15,21-22,24H,3,8,13-14H2,(H,25,26)/t15-,21+,22+/m1/s1. The molecule has 0 unspecified atom stereocenters. The maximum Gasteiger partial charge on any atom is 0.303 e. The molecule has 0 bridgehead atoms. The second-order valence-corrected chi connectivity index (χ2v) is 7.11. The first-order chi connectivity index (χ1) is 13.6. The predicted molar refractivity (Wildman–Crippen MR) is 106 cm³/mol. The Hall–Kier alpha value is -2.34. The van der Waals surface area contributed by atoms with E-state index in [0.29, 0.717) is 30.0 Å². The van der Waals surface area contributed by atoms with Crippen LogP contribution in [-0.2, 0) is 14.3 Å². The number of carboxylic acids is 1. The summed E-state index contributed by atoms with van der Waals surface area (Å²) in [6.07, 6.45) is 4.04. The zero-order chi connectivity index (χ0) is 19.9. The summed E-state index contributed by atoms with van der Waals surface area (Å²) in [4.78, 5) is 10.6. The maximum absolute atomic E-state index is 10.6. The van der Waals surface area contributed by atoms with Crippen LogP contribution in [0.15, 0.2) is 60.7 Å². The van der Waals surface area contributed by atoms with Crippen LogP contribution in [0.4, 0.5) is 0 Å². The van der Waals surface area contributed by atoms with Crippen molar-refractivity contribution in [1.29, 1.82) is 0 Å². The molecule has 0 aliphatic carbocycles. The molecule has 2 aromatic carbocycles. The Morgan fingerprint density at radius 3 is 2.54 bits per heavy atom. The van der Waals surface area contributed by atoms with Crippen molar-refractivity contribution in [2.45, 2.75) is 31.7 Å². The number of phenols is 1. The van der Waals surface area contributed by atoms with Crippen LogP contribution >= 0.6 is 11.6 Å². The molecule has 148 valence electrons. The van der Waals surface area contributed by atoms with Crippen LogP contribution in [0.25, 0.3) is 0 Å². The molecule has 1 fully saturated rings. The summed E-state index contributed by atoms with van der Waals surface area (Å²) in [5.41, 5.74) is 1.45. The zero-order valence-corrected chi connectivity index (χ0v) is 16.1. The minimum atomic E-state index is -0.816. The number of ether oxygens (including phenoxy) is 2. The molecule has 3 rings (SSSR count). The molecule has 6 heteroatoms. The molecule has 0 radical (unpaired) electrons. The summed E-state index contributed by atoms with van der Waals surface area (Å²) in [7, 11) is 0. The molecule has 1 aliphatic rings. The lowest BCUT2D eigenvalue weighted by molar-refractivity contribution is -0.244. The number of hydrogen-bond donors (Lipinski definition) is 2. The number of carbonyl (C=O) groups is 1. The van der Waals surface area contributed by atoms with E-state index >= 15 is 0 Å². The van der Waals surface area contributed by atoms with Crippen molar-refractivity contribution in [3.8, 4) is 5.75 Å². The Bertz CT molecular complexity index is 835. The lowest BCUT2D eigenvalue weighted by Gasteiger charge is -2.37. The van der Waals surface area contributed by atoms with Gasteiger partial charge >= 0.3 is 5.97 Å². The van der Waals surface area contributed by atoms with Crippen LogP contribution in [0.1, 0.15) is 42.8 Å². The monoisotopic (exact) mass is 402 g/mol. The summed E-state index contributed by atoms with van der Waals surface area (Å²) >= 11 is 6.29. The molecule has 0 amide bonds. The van der Waals surface area contributed by atoms with Crippen molar-refractivity contribution < 1.29 is 24.5 Å². The third-order valence-corrected chi connectivity index (χ3v) is 5.04. The summed E-state index contributed by atoms with van der Waals surface area (Å²) in [5.74, 6) is -0.663. The van der Waals surface area contributed by atoms with Gasteiger partial charge in [0.15, 0.2) is 6.29 Å². The van der Waals surface area contributed by atoms with Crippen molar-refractivity contribution in [2.24, 2.45) is 5.92 Å². The molecule has 1 aliphatic heterocycles. The van der Waals surface area contributed by atoms with Gasteiger partial charge in [-0.3, -0.25) is 4.79 Å². The van der Waals surface area contributed by atoms with Crippen LogP contribution in [-0.4, -0.2) is 22.8 Å². The van der Waals surface area contributed by atoms with Gasteiger partial charge in [-0.1, -0.05) is 60.2 Å². The van der Waals surface area contributed by atoms with Crippen molar-refractivity contribution >= 4 is 17.6 Å². The van der Waals surface area contributed by atoms with Gasteiger partial charge in [0.05, 0.1) is 12.7 Å². The number of aliphatic carboxylic acids is 1. The van der Waals surface area contributed by atoms with Crippen molar-refractivity contribution in [3.05, 3.63) is 76.8 Å². The highest BCUT2D eigenvalue weighted by Crippen LogP contribution is 2.43. The van der Waals surface area contributed by atoms with E-state index in [4.69, 9.17) is 26.2 Å². The summed E-state index contributed by atoms with van der Waals surface area (Å²) in [6.45, 7) is 0.429. The van der Waals surface area contributed by atoms with Gasteiger partial charge in [-0.05, 0) is 25.0 Å². The lowest BCUT2D eigenvalue weighted by Crippen LogP contribution is -2.30. The van der Waals surface area contributed by atoms with E-state index in [-0.39, 0.29) is 24.2 Å². The molecule has 0 saturated carbocycles. The number of phenolic OH excluding ortho intramolecular Hbond substituents is 1. The Morgan fingerprint density at radius 1 is 1.11 bits per heavy atom. The molecular formula is C22H23ClO5. The minimum Gasteiger partial charge on any atom is -0.508 e. The zero-order valence-electron chi connectivity index (χ0n) is 15.3. The molecule has 0 aromatic heterocycles. The van der Waals surface area contributed by atoms with Crippen LogP contribution < -0.4 is 0 Å². The highest BCUT2D eigenvalue weighted by Gasteiger charge is 2.35. The van der Waals surface area contributed by atoms with Gasteiger partial charge < -0.3 is 19.7 Å². The highest BCUT2D eigenvalue weighted by molar-refractivity contribution is 6.31. The van der Waals surface area contributed by atoms with Crippen LogP contribution in [0.5, 0.6) is 5.75 Å². The first-order valence-electron chi connectivity index (χ1n) is 9.22. The molecule has 0 spiro atoms. The topological polar surface area (TPSA) is 76.0 Å². The number of benzene rings is 2. The van der Waals surface area contributed by atoms with Gasteiger partial charge in [-0.2, -0.15) is 0 Å². The Morgan fingerprint density at radius 2 is 1.82 bits per heavy atom. The fourth-order valence-corrected chi connectivity index (χ4v) is 3.48. The first-order valence-corrected chi connectivity index (χ1v) is 9.60. The van der Waals surface area contributed by atoms with Gasteiger partial charge in [0.25, 0.3) is 0 Å². The second-order valence-electron chi connectivity index (χ2n) is 6.70. The fourth-order valence-electron chi connectivity index (χ4n) is 3.25. The highest BCUT2D eigenvalue weighted by atomic mass is 35.5. The number of para-hydroxylation sites is 1. The van der Waals surface area contributed by atoms with Gasteiger partial charge in [-0.25, -0.2) is 0 Å². The van der Waals surface area contributed by atoms with E-state index in [1.165, 1.54) is 0 Å². The third kappa shape index (κ3) is 5.13. The van der Waals surface area contributed by atoms with Gasteiger partial charge in [0.2, 0.25) is 0 Å². The second kappa shape index (κ2) is 9.73. The van der Waals surface area contributed by atoms with Crippen molar-refractivity contribution in [1.82, 2.24) is 0 Å². The summed E-state index contributed by atoms with van der Waals surface area (Å²) < 4.78 is 12.2. The van der Waals surface area contributed by atoms with Crippen LogP contribution in [0, 0.1) is 5.92 Å². The normalized spacial score (nSPS) is 22.4. The Kier molecular flexibility index (Phi) is 7.09. The third-order valence-electron chi connectivity index (χ3n) is 4.69. The molecular weight excluding hydrogens is 380 g/mol. The molecule has 2 N–H and O–H groups in total. The van der Waals surface area contributed by atoms with E-state index in [9.17, 15) is 9.90 Å². The van der Waals surface area contributed by atoms with E-state index < -0.39 is 12.3 Å². The summed E-state index contributed by atoms with van der Waals surface area (Å²) in [6, 6.07) is 14.5. The number of carboxylic acid groups (broad SMARTS) is 1. The molecule has 1 heterocycles. The average Bonchev–Trinajstić information content (AvgIpc) is 2.68. The predicted octanol–water partition coefficient (Wildman–Crippen LogP) is 5.26. The molecule has 3 atom stereocenters. The number of halogens is 1. The van der Waals surface area contributed by atoms with E-state index in [1.807, 2.05) is 42.5 Å². The SMILES string of the molecule is O=C(O)CCC=CC[C@@H]1CO[C@H](c2ccccc2Cl)O[C@@H]1c1ccccc1O. The number of rotatable bonds is 7. The minimum absolute atomic E-state index is 0.0203. The quantitative estimate of drug-likeness (QED) is 0.618. The molecule has 2 aromatic rings. The van der Waals surface area contributed by atoms with Gasteiger partial charge in [-0.15, -0.1) is 0 Å². The van der Waals surface area contributed by atoms with E-state index in [0.717, 1.165) is 5.56 Å². The Balaban J connectivity index is 1.77. The van der Waals surface area contributed by atoms with Crippen molar-refractivity contribution in [2.75, 3.05) is 6.61 Å². The van der Waals surface area contributed by atoms with Crippen molar-refractivity contribution in [3.63, 3.8) is 0 Å².